The predicted octanol–water partition coefficient (Wildman–Crippen LogP) is 3.45. The fraction of sp³-hybridized carbons (Fsp3) is 0.500. The molecule has 1 aliphatic rings. The molecule has 0 amide bonds. The number of rotatable bonds is 4. The molecule has 0 bridgehead atoms. The predicted molar refractivity (Wildman–Crippen MR) is 84.5 cm³/mol. The number of benzene rings is 1. The number of nitrogens with one attached hydrogen (secondary N) is 1. The Balaban J connectivity index is 2.17. The van der Waals surface area contributed by atoms with E-state index in [0.717, 1.165) is 29.8 Å². The number of halogens is 2. The zero-order valence-corrected chi connectivity index (χ0v) is 13.7. The molecular weight excluding hydrogens is 344 g/mol. The summed E-state index contributed by atoms with van der Waals surface area (Å²) >= 11 is 9.32. The van der Waals surface area contributed by atoms with Crippen LogP contribution in [0.1, 0.15) is 19.8 Å². The second kappa shape index (κ2) is 6.33. The highest BCUT2D eigenvalue weighted by Gasteiger charge is 2.41. The van der Waals surface area contributed by atoms with Crippen LogP contribution in [0.3, 0.4) is 0 Å². The van der Waals surface area contributed by atoms with Gasteiger partial charge in [0.15, 0.2) is 0 Å². The molecule has 0 aromatic heterocycles. The molecule has 0 saturated carbocycles. The van der Waals surface area contributed by atoms with E-state index >= 15 is 0 Å². The summed E-state index contributed by atoms with van der Waals surface area (Å²) in [6, 6.07) is 5.38. The van der Waals surface area contributed by atoms with Gasteiger partial charge in [0.2, 0.25) is 0 Å². The van der Waals surface area contributed by atoms with E-state index in [-0.39, 0.29) is 0 Å². The highest BCUT2D eigenvalue weighted by atomic mass is 79.9. The molecule has 20 heavy (non-hydrogen) atoms. The number of hydrogen-bond donors (Lipinski definition) is 2. The number of carboxylic acids is 1. The van der Waals surface area contributed by atoms with Crippen molar-refractivity contribution in [1.29, 1.82) is 0 Å². The number of anilines is 1. The molecule has 1 aromatic carbocycles. The number of piperidine rings is 1. The van der Waals surface area contributed by atoms with Gasteiger partial charge in [0.25, 0.3) is 0 Å². The first-order chi connectivity index (χ1) is 9.47. The van der Waals surface area contributed by atoms with E-state index in [0.29, 0.717) is 17.9 Å². The molecule has 1 aliphatic heterocycles. The minimum atomic E-state index is -0.890. The minimum Gasteiger partial charge on any atom is -0.480 e. The molecule has 1 heterocycles. The number of aliphatic carboxylic acids is 1. The van der Waals surface area contributed by atoms with Crippen LogP contribution in [-0.2, 0) is 4.79 Å². The summed E-state index contributed by atoms with van der Waals surface area (Å²) in [6.45, 7) is 4.65. The monoisotopic (exact) mass is 360 g/mol. The quantitative estimate of drug-likeness (QED) is 0.862. The number of carboxylic acid groups (broad SMARTS) is 1. The molecule has 110 valence electrons. The standard InChI is InChI=1S/C14H18BrClN2O2/c1-2-18-7-5-14(6-8-18,13(19)20)17-10-3-4-12(16)11(15)9-10/h3-4,9,17H,2,5-8H2,1H3,(H,19,20). The normalized spacial score (nSPS) is 18.8. The second-order valence-electron chi connectivity index (χ2n) is 5.08. The van der Waals surface area contributed by atoms with Gasteiger partial charge in [-0.1, -0.05) is 18.5 Å². The van der Waals surface area contributed by atoms with Gasteiger partial charge < -0.3 is 15.3 Å². The summed E-state index contributed by atoms with van der Waals surface area (Å²) < 4.78 is 0.760. The molecule has 1 saturated heterocycles. The van der Waals surface area contributed by atoms with Gasteiger partial charge in [-0.25, -0.2) is 4.79 Å². The maximum atomic E-state index is 11.7. The molecule has 6 heteroatoms. The Kier molecular flexibility index (Phi) is 4.94. The number of carbonyl (C=O) groups is 1. The van der Waals surface area contributed by atoms with Crippen molar-refractivity contribution in [1.82, 2.24) is 4.90 Å². The van der Waals surface area contributed by atoms with Crippen molar-refractivity contribution in [3.63, 3.8) is 0 Å². The van der Waals surface area contributed by atoms with Crippen molar-refractivity contribution in [2.24, 2.45) is 0 Å². The van der Waals surface area contributed by atoms with Gasteiger partial charge in [0.1, 0.15) is 5.54 Å². The van der Waals surface area contributed by atoms with E-state index in [1.807, 2.05) is 12.1 Å². The number of likely N-dealkylation sites (tertiary alicyclic amines) is 1. The van der Waals surface area contributed by atoms with E-state index in [1.54, 1.807) is 6.07 Å². The summed E-state index contributed by atoms with van der Waals surface area (Å²) in [7, 11) is 0. The molecule has 1 aromatic rings. The van der Waals surface area contributed by atoms with Gasteiger partial charge in [0.05, 0.1) is 5.02 Å². The Hall–Kier alpha value is -0.780. The fourth-order valence-corrected chi connectivity index (χ4v) is 2.99. The maximum absolute atomic E-state index is 11.7. The fourth-order valence-electron chi connectivity index (χ4n) is 2.49. The van der Waals surface area contributed by atoms with Gasteiger partial charge >= 0.3 is 5.97 Å². The van der Waals surface area contributed by atoms with Crippen LogP contribution in [0.5, 0.6) is 0 Å². The van der Waals surface area contributed by atoms with Crippen molar-refractivity contribution in [2.45, 2.75) is 25.3 Å². The highest BCUT2D eigenvalue weighted by Crippen LogP contribution is 2.31. The first kappa shape index (κ1) is 15.6. The first-order valence-corrected chi connectivity index (χ1v) is 7.83. The van der Waals surface area contributed by atoms with E-state index in [1.165, 1.54) is 0 Å². The number of nitrogens with zero attached hydrogens (tertiary/aromatic N) is 1. The van der Waals surface area contributed by atoms with Gasteiger partial charge in [0, 0.05) is 23.2 Å². The average Bonchev–Trinajstić information content (AvgIpc) is 2.43. The average molecular weight is 362 g/mol. The number of hydrogen-bond acceptors (Lipinski definition) is 3. The molecule has 0 spiro atoms. The summed E-state index contributed by atoms with van der Waals surface area (Å²) in [5, 5.41) is 13.4. The van der Waals surface area contributed by atoms with Crippen LogP contribution in [0.2, 0.25) is 5.02 Å². The summed E-state index contributed by atoms with van der Waals surface area (Å²) in [5.74, 6) is -0.792. The SMILES string of the molecule is CCN1CCC(Nc2ccc(Cl)c(Br)c2)(C(=O)O)CC1. The smallest absolute Gasteiger partial charge is 0.329 e. The van der Waals surface area contributed by atoms with E-state index < -0.39 is 11.5 Å². The van der Waals surface area contributed by atoms with Crippen molar-refractivity contribution in [3.8, 4) is 0 Å². The lowest BCUT2D eigenvalue weighted by atomic mass is 9.87. The van der Waals surface area contributed by atoms with Crippen LogP contribution in [-0.4, -0.2) is 41.1 Å². The van der Waals surface area contributed by atoms with Crippen molar-refractivity contribution < 1.29 is 9.90 Å². The molecular formula is C14H18BrClN2O2. The van der Waals surface area contributed by atoms with Crippen LogP contribution in [0, 0.1) is 0 Å². The lowest BCUT2D eigenvalue weighted by molar-refractivity contribution is -0.144. The Morgan fingerprint density at radius 3 is 2.65 bits per heavy atom. The van der Waals surface area contributed by atoms with Crippen LogP contribution in [0.25, 0.3) is 0 Å². The Bertz CT molecular complexity index is 502. The summed E-state index contributed by atoms with van der Waals surface area (Å²) in [6.07, 6.45) is 1.19. The second-order valence-corrected chi connectivity index (χ2v) is 6.34. The third-order valence-corrected chi connectivity index (χ3v) is 5.08. The van der Waals surface area contributed by atoms with Crippen LogP contribution < -0.4 is 5.32 Å². The Labute approximate surface area is 132 Å². The van der Waals surface area contributed by atoms with Crippen molar-refractivity contribution in [3.05, 3.63) is 27.7 Å². The summed E-state index contributed by atoms with van der Waals surface area (Å²) in [5.41, 5.74) is -0.118. The Morgan fingerprint density at radius 2 is 2.15 bits per heavy atom. The maximum Gasteiger partial charge on any atom is 0.329 e. The highest BCUT2D eigenvalue weighted by molar-refractivity contribution is 9.10. The van der Waals surface area contributed by atoms with Crippen molar-refractivity contribution in [2.75, 3.05) is 25.0 Å². The van der Waals surface area contributed by atoms with Crippen LogP contribution in [0.4, 0.5) is 5.69 Å². The molecule has 4 nitrogen and oxygen atoms in total. The topological polar surface area (TPSA) is 52.6 Å². The molecule has 0 unspecified atom stereocenters. The lowest BCUT2D eigenvalue weighted by Crippen LogP contribution is -2.54. The molecule has 2 N–H and O–H groups in total. The van der Waals surface area contributed by atoms with Crippen LogP contribution in [0.15, 0.2) is 22.7 Å². The zero-order chi connectivity index (χ0) is 14.8. The Morgan fingerprint density at radius 1 is 1.50 bits per heavy atom. The van der Waals surface area contributed by atoms with E-state index in [9.17, 15) is 9.90 Å². The van der Waals surface area contributed by atoms with Crippen molar-refractivity contribution >= 4 is 39.2 Å². The third-order valence-electron chi connectivity index (χ3n) is 3.87. The minimum absolute atomic E-state index is 0.594. The molecule has 1 fully saturated rings. The summed E-state index contributed by atoms with van der Waals surface area (Å²) in [4.78, 5) is 14.0. The molecule has 0 radical (unpaired) electrons. The van der Waals surface area contributed by atoms with Gasteiger partial charge in [-0.2, -0.15) is 0 Å². The first-order valence-electron chi connectivity index (χ1n) is 6.66. The van der Waals surface area contributed by atoms with E-state index in [4.69, 9.17) is 11.6 Å². The zero-order valence-electron chi connectivity index (χ0n) is 11.3. The van der Waals surface area contributed by atoms with Gasteiger partial charge in [-0.05, 0) is 53.5 Å². The van der Waals surface area contributed by atoms with Gasteiger partial charge in [-0.3, -0.25) is 0 Å². The molecule has 0 aliphatic carbocycles. The van der Waals surface area contributed by atoms with E-state index in [2.05, 4.69) is 33.1 Å². The third kappa shape index (κ3) is 3.27. The molecule has 2 rings (SSSR count). The lowest BCUT2D eigenvalue weighted by Gasteiger charge is -2.39. The van der Waals surface area contributed by atoms with Crippen LogP contribution >= 0.6 is 27.5 Å². The largest absolute Gasteiger partial charge is 0.480 e. The van der Waals surface area contributed by atoms with Gasteiger partial charge in [-0.15, -0.1) is 0 Å². The molecule has 0 atom stereocenters.